The Morgan fingerprint density at radius 3 is 2.59 bits per heavy atom. The van der Waals surface area contributed by atoms with E-state index in [0.29, 0.717) is 11.3 Å². The predicted molar refractivity (Wildman–Crippen MR) is 113 cm³/mol. The van der Waals surface area contributed by atoms with Gasteiger partial charge in [-0.1, -0.05) is 18.2 Å². The Kier molecular flexibility index (Phi) is 5.28. The number of hydrogen-bond donors (Lipinski definition) is 1. The van der Waals surface area contributed by atoms with Gasteiger partial charge in [0.2, 0.25) is 0 Å². The molecule has 1 unspecified atom stereocenters. The number of furan rings is 1. The SMILES string of the molecule is Cc1c(C(=O)NC(C)c2cc(F)ccc2N2CCN(C)CC2)oc2ccccc12. The van der Waals surface area contributed by atoms with Crippen LogP contribution in [0.25, 0.3) is 11.0 Å². The number of likely N-dealkylation sites (N-methyl/N-ethyl adjacent to an activating group) is 1. The highest BCUT2D eigenvalue weighted by Crippen LogP contribution is 2.30. The topological polar surface area (TPSA) is 48.7 Å². The number of anilines is 1. The van der Waals surface area contributed by atoms with E-state index < -0.39 is 0 Å². The van der Waals surface area contributed by atoms with Crippen molar-refractivity contribution >= 4 is 22.6 Å². The molecule has 1 amide bonds. The van der Waals surface area contributed by atoms with Gasteiger partial charge in [-0.3, -0.25) is 4.79 Å². The number of halogens is 1. The molecule has 29 heavy (non-hydrogen) atoms. The fraction of sp³-hybridized carbons (Fsp3) is 0.348. The lowest BCUT2D eigenvalue weighted by molar-refractivity contribution is 0.0913. The maximum Gasteiger partial charge on any atom is 0.287 e. The molecule has 1 atom stereocenters. The minimum atomic E-state index is -0.361. The molecule has 1 aromatic heterocycles. The van der Waals surface area contributed by atoms with Crippen LogP contribution in [0.5, 0.6) is 0 Å². The van der Waals surface area contributed by atoms with Gasteiger partial charge in [0.25, 0.3) is 5.91 Å². The van der Waals surface area contributed by atoms with Crippen molar-refractivity contribution in [2.45, 2.75) is 19.9 Å². The first-order chi connectivity index (χ1) is 13.9. The molecular formula is C23H26FN3O2. The van der Waals surface area contributed by atoms with Crippen molar-refractivity contribution in [3.63, 3.8) is 0 Å². The number of carbonyl (C=O) groups is 1. The van der Waals surface area contributed by atoms with Gasteiger partial charge in [0, 0.05) is 48.4 Å². The van der Waals surface area contributed by atoms with E-state index in [0.717, 1.165) is 48.4 Å². The van der Waals surface area contributed by atoms with Gasteiger partial charge in [-0.05, 0) is 45.2 Å². The Hall–Kier alpha value is -2.86. The third-order valence-electron chi connectivity index (χ3n) is 5.70. The molecule has 0 radical (unpaired) electrons. The summed E-state index contributed by atoms with van der Waals surface area (Å²) in [5.41, 5.74) is 3.24. The molecule has 152 valence electrons. The molecule has 0 spiro atoms. The number of hydrogen-bond acceptors (Lipinski definition) is 4. The molecule has 0 bridgehead atoms. The van der Waals surface area contributed by atoms with Crippen molar-refractivity contribution in [2.24, 2.45) is 0 Å². The molecule has 0 aliphatic carbocycles. The first-order valence-electron chi connectivity index (χ1n) is 9.96. The third kappa shape index (κ3) is 3.85. The maximum atomic E-state index is 14.0. The summed E-state index contributed by atoms with van der Waals surface area (Å²) < 4.78 is 19.8. The van der Waals surface area contributed by atoms with Crippen LogP contribution in [-0.2, 0) is 0 Å². The lowest BCUT2D eigenvalue weighted by atomic mass is 10.0. The lowest BCUT2D eigenvalue weighted by Gasteiger charge is -2.36. The number of nitrogens with one attached hydrogen (secondary N) is 1. The maximum absolute atomic E-state index is 14.0. The highest BCUT2D eigenvalue weighted by atomic mass is 19.1. The fourth-order valence-corrected chi connectivity index (χ4v) is 3.94. The fourth-order valence-electron chi connectivity index (χ4n) is 3.94. The number of para-hydroxylation sites is 1. The monoisotopic (exact) mass is 395 g/mol. The summed E-state index contributed by atoms with van der Waals surface area (Å²) in [6.07, 6.45) is 0. The van der Waals surface area contributed by atoms with Crippen molar-refractivity contribution in [1.82, 2.24) is 10.2 Å². The first kappa shape index (κ1) is 19.5. The summed E-state index contributed by atoms with van der Waals surface area (Å²) in [4.78, 5) is 17.4. The minimum Gasteiger partial charge on any atom is -0.451 e. The van der Waals surface area contributed by atoms with Gasteiger partial charge in [0.1, 0.15) is 11.4 Å². The smallest absolute Gasteiger partial charge is 0.287 e. The Balaban J connectivity index is 1.59. The van der Waals surface area contributed by atoms with Crippen molar-refractivity contribution in [3.8, 4) is 0 Å². The number of fused-ring (bicyclic) bond motifs is 1. The van der Waals surface area contributed by atoms with E-state index in [1.54, 1.807) is 0 Å². The minimum absolute atomic E-state index is 0.292. The lowest BCUT2D eigenvalue weighted by Crippen LogP contribution is -2.45. The summed E-state index contributed by atoms with van der Waals surface area (Å²) in [7, 11) is 2.10. The van der Waals surface area contributed by atoms with Gasteiger partial charge in [-0.15, -0.1) is 0 Å². The van der Waals surface area contributed by atoms with Crippen LogP contribution in [0.15, 0.2) is 46.9 Å². The molecule has 1 saturated heterocycles. The van der Waals surface area contributed by atoms with Gasteiger partial charge >= 0.3 is 0 Å². The van der Waals surface area contributed by atoms with Gasteiger partial charge in [0.15, 0.2) is 5.76 Å². The number of nitrogens with zero attached hydrogens (tertiary/aromatic N) is 2. The number of piperazine rings is 1. The number of carbonyl (C=O) groups excluding carboxylic acids is 1. The second kappa shape index (κ2) is 7.87. The van der Waals surface area contributed by atoms with Crippen molar-refractivity contribution in [1.29, 1.82) is 0 Å². The average Bonchev–Trinajstić information content (AvgIpc) is 3.06. The standard InChI is InChI=1S/C23H26FN3O2/c1-15-18-6-4-5-7-21(18)29-22(15)23(28)25-16(2)19-14-17(24)8-9-20(19)27-12-10-26(3)11-13-27/h4-9,14,16H,10-13H2,1-3H3,(H,25,28). The molecule has 5 nitrogen and oxygen atoms in total. The predicted octanol–water partition coefficient (Wildman–Crippen LogP) is 4.12. The summed E-state index contributed by atoms with van der Waals surface area (Å²) >= 11 is 0. The molecule has 0 saturated carbocycles. The van der Waals surface area contributed by atoms with Crippen LogP contribution in [0.4, 0.5) is 10.1 Å². The van der Waals surface area contributed by atoms with E-state index in [1.807, 2.05) is 44.2 Å². The zero-order chi connectivity index (χ0) is 20.5. The van der Waals surface area contributed by atoms with Gasteiger partial charge in [0.05, 0.1) is 6.04 Å². The molecule has 6 heteroatoms. The molecular weight excluding hydrogens is 369 g/mol. The van der Waals surface area contributed by atoms with Crippen molar-refractivity contribution < 1.29 is 13.6 Å². The zero-order valence-corrected chi connectivity index (χ0v) is 17.0. The Labute approximate surface area is 170 Å². The van der Waals surface area contributed by atoms with Crippen LogP contribution in [0.1, 0.15) is 34.6 Å². The zero-order valence-electron chi connectivity index (χ0n) is 17.0. The highest BCUT2D eigenvalue weighted by molar-refractivity contribution is 5.99. The summed E-state index contributed by atoms with van der Waals surface area (Å²) in [5, 5.41) is 3.92. The Morgan fingerprint density at radius 1 is 1.14 bits per heavy atom. The molecule has 1 fully saturated rings. The second-order valence-corrected chi connectivity index (χ2v) is 7.74. The molecule has 1 aliphatic heterocycles. The Morgan fingerprint density at radius 2 is 1.86 bits per heavy atom. The van der Waals surface area contributed by atoms with E-state index >= 15 is 0 Å². The van der Waals surface area contributed by atoms with E-state index in [4.69, 9.17) is 4.42 Å². The number of amides is 1. The number of aryl methyl sites for hydroxylation is 1. The van der Waals surface area contributed by atoms with E-state index in [2.05, 4.69) is 22.2 Å². The average molecular weight is 395 g/mol. The van der Waals surface area contributed by atoms with Crippen molar-refractivity contribution in [3.05, 3.63) is 65.2 Å². The summed E-state index contributed by atoms with van der Waals surface area (Å²) in [6, 6.07) is 12.0. The van der Waals surface area contributed by atoms with Crippen LogP contribution in [0.2, 0.25) is 0 Å². The van der Waals surface area contributed by atoms with Gasteiger partial charge in [-0.2, -0.15) is 0 Å². The molecule has 2 aromatic carbocycles. The summed E-state index contributed by atoms with van der Waals surface area (Å²) in [6.45, 7) is 7.41. The molecule has 4 rings (SSSR count). The molecule has 1 N–H and O–H groups in total. The highest BCUT2D eigenvalue weighted by Gasteiger charge is 2.23. The third-order valence-corrected chi connectivity index (χ3v) is 5.70. The van der Waals surface area contributed by atoms with Crippen LogP contribution in [0, 0.1) is 12.7 Å². The van der Waals surface area contributed by atoms with Crippen molar-refractivity contribution in [2.75, 3.05) is 38.1 Å². The number of benzene rings is 2. The van der Waals surface area contributed by atoms with Crippen LogP contribution >= 0.6 is 0 Å². The summed E-state index contributed by atoms with van der Waals surface area (Å²) in [5.74, 6) is -0.297. The van der Waals surface area contributed by atoms with Crippen LogP contribution < -0.4 is 10.2 Å². The normalized spacial score (nSPS) is 16.2. The second-order valence-electron chi connectivity index (χ2n) is 7.74. The van der Waals surface area contributed by atoms with Gasteiger partial charge < -0.3 is 19.5 Å². The molecule has 1 aliphatic rings. The molecule has 2 heterocycles. The number of rotatable bonds is 4. The van der Waals surface area contributed by atoms with Crippen LogP contribution in [0.3, 0.4) is 0 Å². The van der Waals surface area contributed by atoms with Gasteiger partial charge in [-0.25, -0.2) is 4.39 Å². The molecule has 3 aromatic rings. The Bertz CT molecular complexity index is 1040. The van der Waals surface area contributed by atoms with E-state index in [1.165, 1.54) is 12.1 Å². The van der Waals surface area contributed by atoms with E-state index in [9.17, 15) is 9.18 Å². The largest absolute Gasteiger partial charge is 0.451 e. The quantitative estimate of drug-likeness (QED) is 0.722. The first-order valence-corrected chi connectivity index (χ1v) is 9.96. The van der Waals surface area contributed by atoms with Crippen LogP contribution in [-0.4, -0.2) is 44.0 Å². The van der Waals surface area contributed by atoms with E-state index in [-0.39, 0.29) is 17.8 Å².